The average molecular weight is 519 g/mol. The fraction of sp³-hybridized carbons (Fsp3) is 0.700. The molecule has 9 heteroatoms. The van der Waals surface area contributed by atoms with Gasteiger partial charge in [0, 0.05) is 58.2 Å². The third-order valence-corrected chi connectivity index (χ3v) is 5.35. The van der Waals surface area contributed by atoms with E-state index in [2.05, 4.69) is 20.9 Å². The number of nitrogens with zero attached hydrogens (tertiary/aromatic N) is 2. The van der Waals surface area contributed by atoms with Gasteiger partial charge in [-0.1, -0.05) is 0 Å². The van der Waals surface area contributed by atoms with E-state index in [-0.39, 0.29) is 29.9 Å². The highest BCUT2D eigenvalue weighted by Gasteiger charge is 2.22. The van der Waals surface area contributed by atoms with Crippen LogP contribution < -0.4 is 16.0 Å². The number of hydrogen-bond acceptors (Lipinski definition) is 5. The Kier molecular flexibility index (Phi) is 10.8. The number of ether oxygens (including phenoxy) is 1. The summed E-state index contributed by atoms with van der Waals surface area (Å²) in [5, 5.41) is 9.72. The van der Waals surface area contributed by atoms with Gasteiger partial charge in [-0.2, -0.15) is 0 Å². The molecule has 164 valence electrons. The van der Waals surface area contributed by atoms with Crippen molar-refractivity contribution in [1.82, 2.24) is 20.9 Å². The fourth-order valence-corrected chi connectivity index (χ4v) is 3.57. The summed E-state index contributed by atoms with van der Waals surface area (Å²) in [6.45, 7) is 5.52. The Bertz CT molecular complexity index is 612. The summed E-state index contributed by atoms with van der Waals surface area (Å²) in [6.07, 6.45) is 5.62. The lowest BCUT2D eigenvalue weighted by molar-refractivity contribution is -0.122. The van der Waals surface area contributed by atoms with Gasteiger partial charge in [-0.05, 0) is 31.4 Å². The van der Waals surface area contributed by atoms with Crippen LogP contribution in [0.2, 0.25) is 0 Å². The number of nitrogens with one attached hydrogen (secondary N) is 3. The Balaban J connectivity index is 0.00000300. The minimum Gasteiger partial charge on any atom is -0.469 e. The maximum absolute atomic E-state index is 11.6. The summed E-state index contributed by atoms with van der Waals surface area (Å²) in [5.74, 6) is 2.42. The van der Waals surface area contributed by atoms with Gasteiger partial charge in [0.15, 0.2) is 5.96 Å². The van der Waals surface area contributed by atoms with E-state index in [9.17, 15) is 4.79 Å². The lowest BCUT2D eigenvalue weighted by atomic mass is 10.1. The second kappa shape index (κ2) is 13.1. The predicted molar refractivity (Wildman–Crippen MR) is 124 cm³/mol. The molecule has 2 fully saturated rings. The van der Waals surface area contributed by atoms with Crippen molar-refractivity contribution in [3.8, 4) is 0 Å². The largest absolute Gasteiger partial charge is 0.469 e. The van der Waals surface area contributed by atoms with Gasteiger partial charge < -0.3 is 25.1 Å². The molecular formula is C20H34IN5O3. The number of guanidine groups is 1. The van der Waals surface area contributed by atoms with Crippen LogP contribution in [0.1, 0.15) is 25.0 Å². The lowest BCUT2D eigenvalue weighted by Gasteiger charge is -2.32. The molecule has 3 N–H and O–H groups in total. The van der Waals surface area contributed by atoms with Crippen molar-refractivity contribution >= 4 is 35.8 Å². The van der Waals surface area contributed by atoms with Gasteiger partial charge in [-0.25, -0.2) is 0 Å². The summed E-state index contributed by atoms with van der Waals surface area (Å²) < 4.78 is 10.9. The van der Waals surface area contributed by atoms with E-state index in [1.165, 1.54) is 0 Å². The van der Waals surface area contributed by atoms with Crippen molar-refractivity contribution in [1.29, 1.82) is 0 Å². The van der Waals surface area contributed by atoms with E-state index < -0.39 is 0 Å². The molecule has 3 heterocycles. The molecular weight excluding hydrogens is 485 g/mol. The molecule has 2 saturated heterocycles. The Hall–Kier alpha value is -1.33. The molecule has 1 atom stereocenters. The molecule has 3 rings (SSSR count). The highest BCUT2D eigenvalue weighted by atomic mass is 127. The SMILES string of the molecule is CNC(=O)CN1CCC(NC(=NCC2CCOC2)NCCc2ccco2)CC1.I. The molecule has 1 aromatic rings. The number of furan rings is 1. The summed E-state index contributed by atoms with van der Waals surface area (Å²) in [4.78, 5) is 18.6. The summed E-state index contributed by atoms with van der Waals surface area (Å²) in [6, 6.07) is 4.27. The Morgan fingerprint density at radius 2 is 2.14 bits per heavy atom. The Morgan fingerprint density at radius 1 is 1.31 bits per heavy atom. The molecule has 0 spiro atoms. The lowest BCUT2D eigenvalue weighted by Crippen LogP contribution is -2.50. The van der Waals surface area contributed by atoms with E-state index >= 15 is 0 Å². The number of likely N-dealkylation sites (tertiary alicyclic amines) is 1. The first-order chi connectivity index (χ1) is 13.7. The monoisotopic (exact) mass is 519 g/mol. The van der Waals surface area contributed by atoms with E-state index in [1.807, 2.05) is 12.1 Å². The number of piperidine rings is 1. The van der Waals surface area contributed by atoms with Gasteiger partial charge in [-0.15, -0.1) is 24.0 Å². The van der Waals surface area contributed by atoms with Gasteiger partial charge >= 0.3 is 0 Å². The Labute approximate surface area is 190 Å². The number of rotatable bonds is 8. The van der Waals surface area contributed by atoms with Crippen LogP contribution in [0, 0.1) is 5.92 Å². The van der Waals surface area contributed by atoms with Crippen molar-refractivity contribution in [2.75, 3.05) is 53.0 Å². The number of aliphatic imine (C=N–C) groups is 1. The Morgan fingerprint density at radius 3 is 2.79 bits per heavy atom. The first kappa shape index (κ1) is 23.9. The zero-order chi connectivity index (χ0) is 19.6. The van der Waals surface area contributed by atoms with Crippen molar-refractivity contribution in [2.45, 2.75) is 31.7 Å². The first-order valence-corrected chi connectivity index (χ1v) is 10.3. The van der Waals surface area contributed by atoms with E-state index in [0.717, 1.165) is 76.8 Å². The topological polar surface area (TPSA) is 91.1 Å². The minimum absolute atomic E-state index is 0. The summed E-state index contributed by atoms with van der Waals surface area (Å²) in [7, 11) is 1.68. The molecule has 2 aliphatic heterocycles. The summed E-state index contributed by atoms with van der Waals surface area (Å²) in [5.41, 5.74) is 0. The van der Waals surface area contributed by atoms with Crippen LogP contribution in [-0.2, 0) is 16.0 Å². The van der Waals surface area contributed by atoms with Crippen molar-refractivity contribution in [3.63, 3.8) is 0 Å². The van der Waals surface area contributed by atoms with Crippen LogP contribution in [0.25, 0.3) is 0 Å². The zero-order valence-electron chi connectivity index (χ0n) is 17.2. The van der Waals surface area contributed by atoms with Crippen molar-refractivity contribution < 1.29 is 13.9 Å². The second-order valence-corrected chi connectivity index (χ2v) is 7.54. The molecule has 0 bridgehead atoms. The van der Waals surface area contributed by atoms with Crippen molar-refractivity contribution in [2.24, 2.45) is 10.9 Å². The number of likely N-dealkylation sites (N-methyl/N-ethyl adjacent to an activating group) is 1. The normalized spacial score (nSPS) is 20.9. The van der Waals surface area contributed by atoms with Gasteiger partial charge in [0.05, 0.1) is 19.4 Å². The van der Waals surface area contributed by atoms with Gasteiger partial charge in [-0.3, -0.25) is 14.7 Å². The minimum atomic E-state index is 0. The van der Waals surface area contributed by atoms with Crippen LogP contribution in [-0.4, -0.2) is 75.8 Å². The number of carbonyl (C=O) groups excluding carboxylic acids is 1. The van der Waals surface area contributed by atoms with E-state index in [4.69, 9.17) is 14.1 Å². The van der Waals surface area contributed by atoms with Crippen LogP contribution in [0.5, 0.6) is 0 Å². The smallest absolute Gasteiger partial charge is 0.233 e. The second-order valence-electron chi connectivity index (χ2n) is 7.54. The molecule has 2 aliphatic rings. The quantitative estimate of drug-likeness (QED) is 0.272. The van der Waals surface area contributed by atoms with E-state index in [1.54, 1.807) is 13.3 Å². The average Bonchev–Trinajstić information content (AvgIpc) is 3.41. The van der Waals surface area contributed by atoms with Gasteiger partial charge in [0.1, 0.15) is 5.76 Å². The molecule has 8 nitrogen and oxygen atoms in total. The van der Waals surface area contributed by atoms with E-state index in [0.29, 0.717) is 18.5 Å². The molecule has 1 unspecified atom stereocenters. The van der Waals surface area contributed by atoms with Crippen LogP contribution in [0.4, 0.5) is 0 Å². The molecule has 0 aromatic carbocycles. The first-order valence-electron chi connectivity index (χ1n) is 10.3. The highest BCUT2D eigenvalue weighted by Crippen LogP contribution is 2.13. The third-order valence-electron chi connectivity index (χ3n) is 5.35. The number of carbonyl (C=O) groups is 1. The van der Waals surface area contributed by atoms with Crippen LogP contribution in [0.3, 0.4) is 0 Å². The van der Waals surface area contributed by atoms with Gasteiger partial charge in [0.25, 0.3) is 0 Å². The van der Waals surface area contributed by atoms with Gasteiger partial charge in [0.2, 0.25) is 5.91 Å². The highest BCUT2D eigenvalue weighted by molar-refractivity contribution is 14.0. The molecule has 0 radical (unpaired) electrons. The number of amides is 1. The molecule has 1 amide bonds. The zero-order valence-corrected chi connectivity index (χ0v) is 19.5. The van der Waals surface area contributed by atoms with Crippen molar-refractivity contribution in [3.05, 3.63) is 24.2 Å². The summed E-state index contributed by atoms with van der Waals surface area (Å²) >= 11 is 0. The van der Waals surface area contributed by atoms with Crippen LogP contribution in [0.15, 0.2) is 27.8 Å². The molecule has 0 saturated carbocycles. The third kappa shape index (κ3) is 8.51. The molecule has 0 aliphatic carbocycles. The fourth-order valence-electron chi connectivity index (χ4n) is 3.57. The predicted octanol–water partition coefficient (Wildman–Crippen LogP) is 1.22. The maximum Gasteiger partial charge on any atom is 0.233 e. The molecule has 29 heavy (non-hydrogen) atoms. The standard InChI is InChI=1S/C20H33N5O3.HI/c1-21-19(26)14-25-9-5-17(6-10-25)24-20(23-13-16-7-12-27-15-16)22-8-4-18-3-2-11-28-18;/h2-3,11,16-17H,4-10,12-15H2,1H3,(H,21,26)(H2,22,23,24);1H. The maximum atomic E-state index is 11.6. The molecule has 1 aromatic heterocycles. The number of hydrogen-bond donors (Lipinski definition) is 3. The number of halogens is 1. The van der Waals surface area contributed by atoms with Crippen LogP contribution >= 0.6 is 24.0 Å².